The Morgan fingerprint density at radius 3 is 2.39 bits per heavy atom. The van der Waals surface area contributed by atoms with Crippen molar-refractivity contribution >= 4 is 5.82 Å². The quantitative estimate of drug-likeness (QED) is 0.896. The van der Waals surface area contributed by atoms with Crippen molar-refractivity contribution < 1.29 is 4.74 Å². The highest BCUT2D eigenvalue weighted by Gasteiger charge is 2.02. The number of aromatic nitrogens is 1. The third kappa shape index (κ3) is 3.00. The van der Waals surface area contributed by atoms with Crippen molar-refractivity contribution in [1.29, 1.82) is 0 Å². The molecular weight excluding hydrogens is 224 g/mol. The van der Waals surface area contributed by atoms with Crippen molar-refractivity contribution in [1.82, 2.24) is 4.98 Å². The Bertz CT molecular complexity index is 521. The fraction of sp³-hybridized carbons (Fsp3) is 0.267. The van der Waals surface area contributed by atoms with Gasteiger partial charge in [-0.05, 0) is 49.1 Å². The highest BCUT2D eigenvalue weighted by molar-refractivity contribution is 5.40. The summed E-state index contributed by atoms with van der Waals surface area (Å²) in [5.74, 6) is 1.53. The van der Waals surface area contributed by atoms with Crippen molar-refractivity contribution in [2.75, 3.05) is 12.8 Å². The van der Waals surface area contributed by atoms with Gasteiger partial charge in [-0.2, -0.15) is 0 Å². The third-order valence-corrected chi connectivity index (χ3v) is 2.99. The largest absolute Gasteiger partial charge is 0.497 e. The number of hydrogen-bond acceptors (Lipinski definition) is 3. The van der Waals surface area contributed by atoms with Crippen LogP contribution < -0.4 is 10.5 Å². The predicted molar refractivity (Wildman–Crippen MR) is 73.8 cm³/mol. The summed E-state index contributed by atoms with van der Waals surface area (Å²) in [6, 6.07) is 12.2. The van der Waals surface area contributed by atoms with E-state index in [-0.39, 0.29) is 0 Å². The molecule has 18 heavy (non-hydrogen) atoms. The molecule has 0 saturated carbocycles. The number of nitrogens with zero attached hydrogens (tertiary/aromatic N) is 1. The van der Waals surface area contributed by atoms with Gasteiger partial charge in [-0.15, -0.1) is 0 Å². The van der Waals surface area contributed by atoms with Crippen molar-refractivity contribution in [3.05, 3.63) is 53.2 Å². The molecule has 0 amide bonds. The lowest BCUT2D eigenvalue weighted by molar-refractivity contribution is 0.414. The number of rotatable bonds is 4. The van der Waals surface area contributed by atoms with Gasteiger partial charge in [-0.1, -0.05) is 18.2 Å². The molecule has 2 aromatic rings. The number of pyridine rings is 1. The number of ether oxygens (including phenoxy) is 1. The molecule has 0 aliphatic rings. The lowest BCUT2D eigenvalue weighted by Crippen LogP contribution is -2.00. The number of methoxy groups -OCH3 is 1. The van der Waals surface area contributed by atoms with Crippen molar-refractivity contribution in [2.24, 2.45) is 0 Å². The molecule has 3 nitrogen and oxygen atoms in total. The second-order valence-corrected chi connectivity index (χ2v) is 4.35. The van der Waals surface area contributed by atoms with Gasteiger partial charge in [0.2, 0.25) is 0 Å². The molecule has 94 valence electrons. The van der Waals surface area contributed by atoms with E-state index in [4.69, 9.17) is 10.5 Å². The Kier molecular flexibility index (Phi) is 3.82. The molecule has 2 N–H and O–H groups in total. The molecule has 2 rings (SSSR count). The van der Waals surface area contributed by atoms with Gasteiger partial charge >= 0.3 is 0 Å². The van der Waals surface area contributed by atoms with E-state index in [1.807, 2.05) is 25.1 Å². The average molecular weight is 242 g/mol. The van der Waals surface area contributed by atoms with Crippen LogP contribution in [0.2, 0.25) is 0 Å². The van der Waals surface area contributed by atoms with Crippen molar-refractivity contribution in [3.63, 3.8) is 0 Å². The van der Waals surface area contributed by atoms with E-state index in [1.54, 1.807) is 7.11 Å². The Hall–Kier alpha value is -2.03. The summed E-state index contributed by atoms with van der Waals surface area (Å²) < 4.78 is 5.13. The second-order valence-electron chi connectivity index (χ2n) is 4.35. The molecule has 1 aromatic heterocycles. The predicted octanol–water partition coefficient (Wildman–Crippen LogP) is 2.77. The van der Waals surface area contributed by atoms with E-state index in [0.29, 0.717) is 5.82 Å². The Morgan fingerprint density at radius 1 is 1.06 bits per heavy atom. The van der Waals surface area contributed by atoms with Crippen LogP contribution in [0.1, 0.15) is 16.8 Å². The molecule has 0 spiro atoms. The zero-order chi connectivity index (χ0) is 13.0. The molecule has 3 heteroatoms. The van der Waals surface area contributed by atoms with Gasteiger partial charge in [0.25, 0.3) is 0 Å². The maximum absolute atomic E-state index is 5.90. The number of hydrogen-bond donors (Lipinski definition) is 1. The monoisotopic (exact) mass is 242 g/mol. The average Bonchev–Trinajstić information content (AvgIpc) is 2.38. The molecule has 0 bridgehead atoms. The van der Waals surface area contributed by atoms with Gasteiger partial charge in [0.1, 0.15) is 11.6 Å². The first kappa shape index (κ1) is 12.4. The smallest absolute Gasteiger partial charge is 0.126 e. The maximum Gasteiger partial charge on any atom is 0.126 e. The van der Waals surface area contributed by atoms with Gasteiger partial charge in [0.15, 0.2) is 0 Å². The SMILES string of the molecule is COc1ccc(CCc2ccc(C)nc2N)cc1. The number of aryl methyl sites for hydroxylation is 3. The van der Waals surface area contributed by atoms with E-state index in [0.717, 1.165) is 29.8 Å². The van der Waals surface area contributed by atoms with Gasteiger partial charge in [-0.25, -0.2) is 4.98 Å². The molecule has 1 heterocycles. The number of benzene rings is 1. The van der Waals surface area contributed by atoms with Crippen molar-refractivity contribution in [2.45, 2.75) is 19.8 Å². The van der Waals surface area contributed by atoms with Crippen LogP contribution in [0, 0.1) is 6.92 Å². The normalized spacial score (nSPS) is 10.3. The molecule has 1 aromatic carbocycles. The van der Waals surface area contributed by atoms with Crippen molar-refractivity contribution in [3.8, 4) is 5.75 Å². The maximum atomic E-state index is 5.90. The first-order valence-electron chi connectivity index (χ1n) is 6.04. The topological polar surface area (TPSA) is 48.1 Å². The molecule has 0 saturated heterocycles. The van der Waals surface area contributed by atoms with E-state index >= 15 is 0 Å². The van der Waals surface area contributed by atoms with Crippen LogP contribution >= 0.6 is 0 Å². The second kappa shape index (κ2) is 5.54. The van der Waals surface area contributed by atoms with Gasteiger partial charge in [-0.3, -0.25) is 0 Å². The first-order valence-corrected chi connectivity index (χ1v) is 6.04. The van der Waals surface area contributed by atoms with Crippen LogP contribution in [0.25, 0.3) is 0 Å². The molecule has 0 unspecified atom stereocenters. The van der Waals surface area contributed by atoms with E-state index in [1.165, 1.54) is 5.56 Å². The van der Waals surface area contributed by atoms with E-state index in [9.17, 15) is 0 Å². The zero-order valence-corrected chi connectivity index (χ0v) is 10.8. The lowest BCUT2D eigenvalue weighted by atomic mass is 10.0. The molecule has 0 aliphatic carbocycles. The van der Waals surface area contributed by atoms with Crippen LogP contribution in [0.4, 0.5) is 5.82 Å². The Labute approximate surface area is 108 Å². The molecule has 0 radical (unpaired) electrons. The fourth-order valence-electron chi connectivity index (χ4n) is 1.89. The first-order chi connectivity index (χ1) is 8.69. The minimum absolute atomic E-state index is 0.642. The van der Waals surface area contributed by atoms with E-state index in [2.05, 4.69) is 23.2 Å². The Morgan fingerprint density at radius 2 is 1.78 bits per heavy atom. The minimum atomic E-state index is 0.642. The molecule has 0 atom stereocenters. The number of nitrogens with two attached hydrogens (primary N) is 1. The molecule has 0 fully saturated rings. The summed E-state index contributed by atoms with van der Waals surface area (Å²) in [6.45, 7) is 1.95. The van der Waals surface area contributed by atoms with Gasteiger partial charge in [0, 0.05) is 5.69 Å². The van der Waals surface area contributed by atoms with Crippen LogP contribution in [0.15, 0.2) is 36.4 Å². The highest BCUT2D eigenvalue weighted by Crippen LogP contribution is 2.16. The van der Waals surface area contributed by atoms with Gasteiger partial charge < -0.3 is 10.5 Å². The number of nitrogen functional groups attached to an aromatic ring is 1. The summed E-state index contributed by atoms with van der Waals surface area (Å²) in [5.41, 5.74) is 9.24. The summed E-state index contributed by atoms with van der Waals surface area (Å²) >= 11 is 0. The third-order valence-electron chi connectivity index (χ3n) is 2.99. The van der Waals surface area contributed by atoms with Gasteiger partial charge in [0.05, 0.1) is 7.11 Å². The Balaban J connectivity index is 2.02. The summed E-state index contributed by atoms with van der Waals surface area (Å²) in [4.78, 5) is 4.27. The highest BCUT2D eigenvalue weighted by atomic mass is 16.5. The summed E-state index contributed by atoms with van der Waals surface area (Å²) in [7, 11) is 1.67. The van der Waals surface area contributed by atoms with E-state index < -0.39 is 0 Å². The lowest BCUT2D eigenvalue weighted by Gasteiger charge is -2.06. The van der Waals surface area contributed by atoms with Crippen LogP contribution in [0.3, 0.4) is 0 Å². The molecular formula is C15H18N2O. The fourth-order valence-corrected chi connectivity index (χ4v) is 1.89. The standard InChI is InChI=1S/C15H18N2O/c1-11-3-7-13(15(16)17-11)8-4-12-5-9-14(18-2)10-6-12/h3,5-7,9-10H,4,8H2,1-2H3,(H2,16,17). The summed E-state index contributed by atoms with van der Waals surface area (Å²) in [6.07, 6.45) is 1.87. The zero-order valence-electron chi connectivity index (χ0n) is 10.8. The summed E-state index contributed by atoms with van der Waals surface area (Å²) in [5, 5.41) is 0. The number of anilines is 1. The van der Waals surface area contributed by atoms with Crippen LogP contribution in [-0.4, -0.2) is 12.1 Å². The van der Waals surface area contributed by atoms with Crippen LogP contribution in [-0.2, 0) is 12.8 Å². The minimum Gasteiger partial charge on any atom is -0.497 e. The molecule has 0 aliphatic heterocycles. The van der Waals surface area contributed by atoms with Crippen LogP contribution in [0.5, 0.6) is 5.75 Å².